The first-order valence-electron chi connectivity index (χ1n) is 5.51. The summed E-state index contributed by atoms with van der Waals surface area (Å²) in [4.78, 5) is 14.5. The summed E-state index contributed by atoms with van der Waals surface area (Å²) in [6.07, 6.45) is -1.69. The molecular weight excluding hydrogens is 234 g/mol. The number of aliphatic hydroxyl groups excluding tert-OH is 2. The Hall–Kier alpha value is -1.98. The SMILES string of the molecule is O=C(O)CC(O)C(O)c1nccc2ccccc12. The molecule has 0 saturated carbocycles. The van der Waals surface area contributed by atoms with E-state index in [4.69, 9.17) is 5.11 Å². The number of aromatic nitrogens is 1. The minimum absolute atomic E-state index is 0.293. The Kier molecular flexibility index (Phi) is 3.55. The van der Waals surface area contributed by atoms with Crippen molar-refractivity contribution in [2.45, 2.75) is 18.6 Å². The van der Waals surface area contributed by atoms with Crippen LogP contribution in [-0.4, -0.2) is 32.4 Å². The van der Waals surface area contributed by atoms with E-state index in [2.05, 4.69) is 4.98 Å². The van der Waals surface area contributed by atoms with Crippen molar-refractivity contribution in [2.75, 3.05) is 0 Å². The Morgan fingerprint density at radius 2 is 1.94 bits per heavy atom. The van der Waals surface area contributed by atoms with Crippen LogP contribution in [-0.2, 0) is 4.79 Å². The highest BCUT2D eigenvalue weighted by Gasteiger charge is 2.23. The molecule has 5 nitrogen and oxygen atoms in total. The average Bonchev–Trinajstić information content (AvgIpc) is 2.36. The van der Waals surface area contributed by atoms with Gasteiger partial charge in [0, 0.05) is 11.6 Å². The van der Waals surface area contributed by atoms with Crippen LogP contribution in [0.3, 0.4) is 0 Å². The highest BCUT2D eigenvalue weighted by molar-refractivity contribution is 5.84. The van der Waals surface area contributed by atoms with E-state index in [0.29, 0.717) is 11.1 Å². The number of aliphatic carboxylic acids is 1. The summed E-state index contributed by atoms with van der Waals surface area (Å²) < 4.78 is 0. The number of nitrogens with zero attached hydrogens (tertiary/aromatic N) is 1. The highest BCUT2D eigenvalue weighted by Crippen LogP contribution is 2.25. The molecule has 0 aliphatic heterocycles. The van der Waals surface area contributed by atoms with Crippen LogP contribution in [0.15, 0.2) is 36.5 Å². The van der Waals surface area contributed by atoms with Crippen LogP contribution < -0.4 is 0 Å². The van der Waals surface area contributed by atoms with Crippen molar-refractivity contribution in [1.82, 2.24) is 4.98 Å². The first-order chi connectivity index (χ1) is 8.59. The third kappa shape index (κ3) is 2.47. The minimum Gasteiger partial charge on any atom is -0.481 e. The van der Waals surface area contributed by atoms with E-state index in [1.54, 1.807) is 18.2 Å². The third-order valence-corrected chi connectivity index (χ3v) is 2.73. The number of benzene rings is 1. The number of hydrogen-bond donors (Lipinski definition) is 3. The average molecular weight is 247 g/mol. The first kappa shape index (κ1) is 12.5. The first-order valence-corrected chi connectivity index (χ1v) is 5.51. The number of carboxylic acids is 1. The van der Waals surface area contributed by atoms with Crippen molar-refractivity contribution in [3.05, 3.63) is 42.2 Å². The van der Waals surface area contributed by atoms with Crippen molar-refractivity contribution in [3.63, 3.8) is 0 Å². The van der Waals surface area contributed by atoms with Crippen LogP contribution in [0, 0.1) is 0 Å². The number of carbonyl (C=O) groups is 1. The quantitative estimate of drug-likeness (QED) is 0.752. The van der Waals surface area contributed by atoms with Crippen molar-refractivity contribution in [3.8, 4) is 0 Å². The van der Waals surface area contributed by atoms with Gasteiger partial charge in [-0.25, -0.2) is 0 Å². The lowest BCUT2D eigenvalue weighted by Crippen LogP contribution is -2.22. The standard InChI is InChI=1S/C13H13NO4/c15-10(7-11(16)17)13(18)12-9-4-2-1-3-8(9)5-6-14-12/h1-6,10,13,15,18H,7H2,(H,16,17). The molecule has 2 rings (SSSR count). The second-order valence-corrected chi connectivity index (χ2v) is 4.03. The number of aliphatic hydroxyl groups is 2. The number of hydrogen-bond acceptors (Lipinski definition) is 4. The molecular formula is C13H13NO4. The second-order valence-electron chi connectivity index (χ2n) is 4.03. The maximum Gasteiger partial charge on any atom is 0.306 e. The van der Waals surface area contributed by atoms with Gasteiger partial charge in [-0.05, 0) is 11.5 Å². The predicted octanol–water partition coefficient (Wildman–Crippen LogP) is 1.10. The number of rotatable bonds is 4. The van der Waals surface area contributed by atoms with Crippen molar-refractivity contribution < 1.29 is 20.1 Å². The maximum atomic E-state index is 10.5. The zero-order valence-electron chi connectivity index (χ0n) is 9.52. The summed E-state index contributed by atoms with van der Waals surface area (Å²) in [7, 11) is 0. The largest absolute Gasteiger partial charge is 0.481 e. The molecule has 0 spiro atoms. The molecule has 1 aromatic carbocycles. The second kappa shape index (κ2) is 5.12. The van der Waals surface area contributed by atoms with Gasteiger partial charge in [0.25, 0.3) is 0 Å². The molecule has 0 saturated heterocycles. The Balaban J connectivity index is 2.38. The van der Waals surface area contributed by atoms with Gasteiger partial charge in [-0.15, -0.1) is 0 Å². The summed E-state index contributed by atoms with van der Waals surface area (Å²) >= 11 is 0. The fourth-order valence-corrected chi connectivity index (χ4v) is 1.85. The van der Waals surface area contributed by atoms with Crippen molar-refractivity contribution >= 4 is 16.7 Å². The lowest BCUT2D eigenvalue weighted by molar-refractivity contribution is -0.141. The molecule has 18 heavy (non-hydrogen) atoms. The Labute approximate surface area is 103 Å². The van der Waals surface area contributed by atoms with Crippen LogP contribution in [0.25, 0.3) is 10.8 Å². The fraction of sp³-hybridized carbons (Fsp3) is 0.231. The van der Waals surface area contributed by atoms with E-state index < -0.39 is 24.6 Å². The van der Waals surface area contributed by atoms with Gasteiger partial charge in [0.2, 0.25) is 0 Å². The van der Waals surface area contributed by atoms with Crippen molar-refractivity contribution in [1.29, 1.82) is 0 Å². The van der Waals surface area contributed by atoms with Crippen LogP contribution in [0.1, 0.15) is 18.2 Å². The zero-order chi connectivity index (χ0) is 13.1. The Morgan fingerprint density at radius 1 is 1.22 bits per heavy atom. The summed E-state index contributed by atoms with van der Waals surface area (Å²) in [5.41, 5.74) is 0.293. The van der Waals surface area contributed by atoms with Gasteiger partial charge in [-0.1, -0.05) is 24.3 Å². The zero-order valence-corrected chi connectivity index (χ0v) is 9.52. The van der Waals surface area contributed by atoms with E-state index in [-0.39, 0.29) is 0 Å². The Bertz CT molecular complexity index is 564. The third-order valence-electron chi connectivity index (χ3n) is 2.73. The minimum atomic E-state index is -1.37. The van der Waals surface area contributed by atoms with Gasteiger partial charge in [0.15, 0.2) is 0 Å². The topological polar surface area (TPSA) is 90.7 Å². The van der Waals surface area contributed by atoms with Gasteiger partial charge in [0.05, 0.1) is 18.2 Å². The van der Waals surface area contributed by atoms with Crippen LogP contribution in [0.5, 0.6) is 0 Å². The summed E-state index contributed by atoms with van der Waals surface area (Å²) in [6.45, 7) is 0. The van der Waals surface area contributed by atoms with Gasteiger partial charge in [-0.2, -0.15) is 0 Å². The van der Waals surface area contributed by atoms with Crippen molar-refractivity contribution in [2.24, 2.45) is 0 Å². The van der Waals surface area contributed by atoms with E-state index in [9.17, 15) is 15.0 Å². The molecule has 0 fully saturated rings. The lowest BCUT2D eigenvalue weighted by atomic mass is 10.0. The number of carboxylic acid groups (broad SMARTS) is 1. The molecule has 0 radical (unpaired) electrons. The van der Waals surface area contributed by atoms with Crippen LogP contribution >= 0.6 is 0 Å². The van der Waals surface area contributed by atoms with E-state index >= 15 is 0 Å². The molecule has 0 bridgehead atoms. The summed E-state index contributed by atoms with van der Waals surface area (Å²) in [6, 6.07) is 9.07. The van der Waals surface area contributed by atoms with Crippen LogP contribution in [0.4, 0.5) is 0 Å². The monoisotopic (exact) mass is 247 g/mol. The van der Waals surface area contributed by atoms with Crippen LogP contribution in [0.2, 0.25) is 0 Å². The summed E-state index contributed by atoms with van der Waals surface area (Å²) in [5, 5.41) is 29.8. The highest BCUT2D eigenvalue weighted by atomic mass is 16.4. The fourth-order valence-electron chi connectivity index (χ4n) is 1.85. The molecule has 1 heterocycles. The molecule has 2 unspecified atom stereocenters. The molecule has 2 aromatic rings. The van der Waals surface area contributed by atoms with E-state index in [1.165, 1.54) is 6.20 Å². The lowest BCUT2D eigenvalue weighted by Gasteiger charge is -2.17. The van der Waals surface area contributed by atoms with Gasteiger partial charge in [0.1, 0.15) is 6.10 Å². The van der Waals surface area contributed by atoms with E-state index in [1.807, 2.05) is 12.1 Å². The normalized spacial score (nSPS) is 14.3. The summed E-state index contributed by atoms with van der Waals surface area (Å²) in [5.74, 6) is -1.17. The van der Waals surface area contributed by atoms with E-state index in [0.717, 1.165) is 5.39 Å². The van der Waals surface area contributed by atoms with Gasteiger partial charge in [-0.3, -0.25) is 9.78 Å². The molecule has 3 N–H and O–H groups in total. The smallest absolute Gasteiger partial charge is 0.306 e. The molecule has 0 aliphatic carbocycles. The Morgan fingerprint density at radius 3 is 2.67 bits per heavy atom. The van der Waals surface area contributed by atoms with Gasteiger partial charge >= 0.3 is 5.97 Å². The molecule has 94 valence electrons. The number of pyridine rings is 1. The molecule has 2 atom stereocenters. The number of fused-ring (bicyclic) bond motifs is 1. The predicted molar refractivity (Wildman–Crippen MR) is 65.0 cm³/mol. The van der Waals surface area contributed by atoms with Gasteiger partial charge < -0.3 is 15.3 Å². The maximum absolute atomic E-state index is 10.5. The molecule has 0 aliphatic rings. The molecule has 0 amide bonds. The molecule has 5 heteroatoms. The molecule has 1 aromatic heterocycles.